The van der Waals surface area contributed by atoms with Gasteiger partial charge in [-0.15, -0.1) is 0 Å². The highest BCUT2D eigenvalue weighted by Gasteiger charge is 2.17. The van der Waals surface area contributed by atoms with Gasteiger partial charge in [0.25, 0.3) is 0 Å². The van der Waals surface area contributed by atoms with Gasteiger partial charge in [0.05, 0.1) is 16.8 Å². The third-order valence-electron chi connectivity index (χ3n) is 3.06. The number of carbonyl (C=O) groups is 1. The first kappa shape index (κ1) is 15.3. The maximum Gasteiger partial charge on any atom is 0.248 e. The lowest BCUT2D eigenvalue weighted by Gasteiger charge is -2.18. The Kier molecular flexibility index (Phi) is 4.43. The summed E-state index contributed by atoms with van der Waals surface area (Å²) in [6.45, 7) is 1.59. The molecule has 1 atom stereocenters. The predicted molar refractivity (Wildman–Crippen MR) is 78.4 cm³/mol. The van der Waals surface area contributed by atoms with Gasteiger partial charge in [-0.3, -0.25) is 4.79 Å². The molecule has 21 heavy (non-hydrogen) atoms. The summed E-state index contributed by atoms with van der Waals surface area (Å²) in [6.07, 6.45) is 0. The topological polar surface area (TPSA) is 55.1 Å². The molecule has 0 aromatic heterocycles. The molecule has 1 unspecified atom stereocenters. The van der Waals surface area contributed by atoms with Crippen molar-refractivity contribution in [3.8, 4) is 0 Å². The molecule has 6 heteroatoms. The molecule has 0 fully saturated rings. The summed E-state index contributed by atoms with van der Waals surface area (Å²) in [5.74, 6) is -1.92. The zero-order valence-electron chi connectivity index (χ0n) is 11.2. The third kappa shape index (κ3) is 3.31. The average molecular weight is 311 g/mol. The number of carbonyl (C=O) groups excluding carboxylic acids is 1. The van der Waals surface area contributed by atoms with Crippen LogP contribution in [0.3, 0.4) is 0 Å². The third-order valence-corrected chi connectivity index (χ3v) is 3.39. The second-order valence-corrected chi connectivity index (χ2v) is 4.97. The molecule has 1 amide bonds. The van der Waals surface area contributed by atoms with Crippen LogP contribution >= 0.6 is 11.6 Å². The van der Waals surface area contributed by atoms with Crippen molar-refractivity contribution in [2.75, 3.05) is 5.32 Å². The van der Waals surface area contributed by atoms with Crippen LogP contribution in [-0.2, 0) is 0 Å². The van der Waals surface area contributed by atoms with Crippen molar-refractivity contribution in [2.24, 2.45) is 5.73 Å². The molecule has 0 spiro atoms. The first-order chi connectivity index (χ1) is 9.90. The lowest BCUT2D eigenvalue weighted by atomic mass is 10.1. The molecule has 2 aromatic carbocycles. The summed E-state index contributed by atoms with van der Waals surface area (Å²) in [6, 6.07) is 7.39. The van der Waals surface area contributed by atoms with Crippen LogP contribution in [0.15, 0.2) is 36.4 Å². The standard InChI is InChI=1S/C15H13ClF2N2O/c1-8(14-11(17)3-2-4-12(14)18)20-13-7-9(15(19)21)5-6-10(13)16/h2-8,20H,1H3,(H2,19,21). The van der Waals surface area contributed by atoms with Gasteiger partial charge in [-0.05, 0) is 37.3 Å². The molecule has 0 aliphatic rings. The number of primary amides is 1. The lowest BCUT2D eigenvalue weighted by molar-refractivity contribution is 0.100. The number of halogens is 3. The minimum Gasteiger partial charge on any atom is -0.377 e. The van der Waals surface area contributed by atoms with E-state index in [1.807, 2.05) is 0 Å². The number of benzene rings is 2. The van der Waals surface area contributed by atoms with Crippen LogP contribution in [0.25, 0.3) is 0 Å². The molecule has 0 radical (unpaired) electrons. The number of rotatable bonds is 4. The summed E-state index contributed by atoms with van der Waals surface area (Å²) in [7, 11) is 0. The van der Waals surface area contributed by atoms with Gasteiger partial charge in [-0.1, -0.05) is 17.7 Å². The van der Waals surface area contributed by atoms with Gasteiger partial charge in [0.1, 0.15) is 11.6 Å². The number of anilines is 1. The van der Waals surface area contributed by atoms with E-state index in [-0.39, 0.29) is 11.1 Å². The van der Waals surface area contributed by atoms with Gasteiger partial charge in [0, 0.05) is 11.1 Å². The molecule has 3 nitrogen and oxygen atoms in total. The fourth-order valence-electron chi connectivity index (χ4n) is 2.02. The van der Waals surface area contributed by atoms with Crippen LogP contribution in [0.5, 0.6) is 0 Å². The average Bonchev–Trinajstić information content (AvgIpc) is 2.40. The molecule has 0 saturated heterocycles. The molecular weight excluding hydrogens is 298 g/mol. The van der Waals surface area contributed by atoms with Crippen molar-refractivity contribution < 1.29 is 13.6 Å². The van der Waals surface area contributed by atoms with E-state index in [4.69, 9.17) is 17.3 Å². The number of hydrogen-bond acceptors (Lipinski definition) is 2. The van der Waals surface area contributed by atoms with Crippen molar-refractivity contribution in [3.63, 3.8) is 0 Å². The summed E-state index contributed by atoms with van der Waals surface area (Å²) < 4.78 is 27.4. The Morgan fingerprint density at radius 3 is 2.43 bits per heavy atom. The van der Waals surface area contributed by atoms with Gasteiger partial charge in [-0.25, -0.2) is 8.78 Å². The van der Waals surface area contributed by atoms with E-state index in [1.165, 1.54) is 36.4 Å². The van der Waals surface area contributed by atoms with Crippen LogP contribution in [-0.4, -0.2) is 5.91 Å². The summed E-state index contributed by atoms with van der Waals surface area (Å²) in [4.78, 5) is 11.2. The number of nitrogens with one attached hydrogen (secondary N) is 1. The fourth-order valence-corrected chi connectivity index (χ4v) is 2.19. The molecular formula is C15H13ClF2N2O. The predicted octanol–water partition coefficient (Wildman–Crippen LogP) is 3.89. The van der Waals surface area contributed by atoms with Gasteiger partial charge in [-0.2, -0.15) is 0 Å². The van der Waals surface area contributed by atoms with Gasteiger partial charge < -0.3 is 11.1 Å². The Bertz CT molecular complexity index is 671. The molecule has 110 valence electrons. The Labute approximate surface area is 125 Å². The van der Waals surface area contributed by atoms with E-state index in [0.717, 1.165) is 0 Å². The summed E-state index contributed by atoms with van der Waals surface area (Å²) in [5, 5.41) is 3.21. The largest absolute Gasteiger partial charge is 0.377 e. The lowest BCUT2D eigenvalue weighted by Crippen LogP contribution is -2.14. The minimum atomic E-state index is -0.674. The van der Waals surface area contributed by atoms with Crippen molar-refractivity contribution in [3.05, 3.63) is 64.2 Å². The quantitative estimate of drug-likeness (QED) is 0.900. The van der Waals surface area contributed by atoms with Gasteiger partial charge >= 0.3 is 0 Å². The molecule has 0 aliphatic carbocycles. The Balaban J connectivity index is 2.33. The first-order valence-corrected chi connectivity index (χ1v) is 6.57. The Morgan fingerprint density at radius 1 is 1.24 bits per heavy atom. The molecule has 2 rings (SSSR count). The van der Waals surface area contributed by atoms with Crippen molar-refractivity contribution >= 4 is 23.2 Å². The zero-order chi connectivity index (χ0) is 15.6. The molecule has 0 bridgehead atoms. The monoisotopic (exact) mass is 310 g/mol. The molecule has 0 saturated carbocycles. The maximum absolute atomic E-state index is 13.7. The minimum absolute atomic E-state index is 0.0990. The summed E-state index contributed by atoms with van der Waals surface area (Å²) >= 11 is 6.01. The van der Waals surface area contributed by atoms with Crippen molar-refractivity contribution in [1.82, 2.24) is 0 Å². The molecule has 2 aromatic rings. The van der Waals surface area contributed by atoms with Crippen LogP contribution in [0.2, 0.25) is 5.02 Å². The first-order valence-electron chi connectivity index (χ1n) is 6.20. The highest BCUT2D eigenvalue weighted by Crippen LogP contribution is 2.29. The Morgan fingerprint density at radius 2 is 1.86 bits per heavy atom. The highest BCUT2D eigenvalue weighted by atomic mass is 35.5. The molecule has 3 N–H and O–H groups in total. The number of hydrogen-bond donors (Lipinski definition) is 2. The highest BCUT2D eigenvalue weighted by molar-refractivity contribution is 6.33. The van der Waals surface area contributed by atoms with E-state index in [9.17, 15) is 13.6 Å². The normalized spacial score (nSPS) is 12.0. The van der Waals surface area contributed by atoms with Crippen LogP contribution in [0.4, 0.5) is 14.5 Å². The van der Waals surface area contributed by atoms with E-state index in [1.54, 1.807) is 6.92 Å². The van der Waals surface area contributed by atoms with Gasteiger partial charge in [0.15, 0.2) is 0 Å². The molecule has 0 aliphatic heterocycles. The van der Waals surface area contributed by atoms with E-state index in [2.05, 4.69) is 5.32 Å². The van der Waals surface area contributed by atoms with E-state index >= 15 is 0 Å². The Hall–Kier alpha value is -2.14. The summed E-state index contributed by atoms with van der Waals surface area (Å²) in [5.41, 5.74) is 5.72. The SMILES string of the molecule is CC(Nc1cc(C(N)=O)ccc1Cl)c1c(F)cccc1F. The van der Waals surface area contributed by atoms with Crippen molar-refractivity contribution in [1.29, 1.82) is 0 Å². The fraction of sp³-hybridized carbons (Fsp3) is 0.133. The van der Waals surface area contributed by atoms with Crippen LogP contribution in [0.1, 0.15) is 28.9 Å². The smallest absolute Gasteiger partial charge is 0.248 e. The number of amides is 1. The second-order valence-electron chi connectivity index (χ2n) is 4.56. The number of nitrogens with two attached hydrogens (primary N) is 1. The van der Waals surface area contributed by atoms with Crippen LogP contribution in [0, 0.1) is 11.6 Å². The maximum atomic E-state index is 13.7. The second kappa shape index (κ2) is 6.10. The zero-order valence-corrected chi connectivity index (χ0v) is 11.9. The van der Waals surface area contributed by atoms with Crippen molar-refractivity contribution in [2.45, 2.75) is 13.0 Å². The van der Waals surface area contributed by atoms with Gasteiger partial charge in [0.2, 0.25) is 5.91 Å². The van der Waals surface area contributed by atoms with Crippen LogP contribution < -0.4 is 11.1 Å². The van der Waals surface area contributed by atoms with E-state index in [0.29, 0.717) is 10.7 Å². The molecule has 0 heterocycles. The van der Waals surface area contributed by atoms with E-state index < -0.39 is 23.6 Å².